The highest BCUT2D eigenvalue weighted by atomic mass is 127. The fraction of sp³-hybridized carbons (Fsp3) is 0.250. The summed E-state index contributed by atoms with van der Waals surface area (Å²) in [6, 6.07) is 4.21. The molecule has 0 saturated heterocycles. The highest BCUT2D eigenvalue weighted by Gasteiger charge is 2.32. The Morgan fingerprint density at radius 1 is 1.36 bits per heavy atom. The van der Waals surface area contributed by atoms with Gasteiger partial charge in [0.2, 0.25) is 0 Å². The average Bonchev–Trinajstić information content (AvgIpc) is 2.01. The van der Waals surface area contributed by atoms with Crippen molar-refractivity contribution < 1.29 is 23.0 Å². The van der Waals surface area contributed by atoms with E-state index in [1.807, 2.05) is 22.6 Å². The van der Waals surface area contributed by atoms with Crippen molar-refractivity contribution in [3.05, 3.63) is 27.3 Å². The smallest absolute Gasteiger partial charge is 0.405 e. The number of halogens is 4. The van der Waals surface area contributed by atoms with Gasteiger partial charge in [-0.1, -0.05) is 6.07 Å². The zero-order valence-corrected chi connectivity index (χ0v) is 8.96. The van der Waals surface area contributed by atoms with Crippen LogP contribution in [0.3, 0.4) is 0 Å². The predicted octanol–water partition coefficient (Wildman–Crippen LogP) is 2.68. The SMILES string of the molecule is OCc1ccc(I)cc1OC(F)(F)F. The van der Waals surface area contributed by atoms with Gasteiger partial charge in [-0.2, -0.15) is 0 Å². The molecule has 1 rings (SSSR count). The highest BCUT2D eigenvalue weighted by molar-refractivity contribution is 14.1. The summed E-state index contributed by atoms with van der Waals surface area (Å²) in [6.45, 7) is -0.484. The Labute approximate surface area is 91.8 Å². The minimum atomic E-state index is -4.73. The lowest BCUT2D eigenvalue weighted by molar-refractivity contribution is -0.275. The van der Waals surface area contributed by atoms with Crippen LogP contribution >= 0.6 is 22.6 Å². The van der Waals surface area contributed by atoms with Crippen molar-refractivity contribution in [2.75, 3.05) is 0 Å². The number of aliphatic hydroxyl groups is 1. The molecule has 6 heteroatoms. The fourth-order valence-corrected chi connectivity index (χ4v) is 1.34. The molecule has 0 aliphatic rings. The van der Waals surface area contributed by atoms with Gasteiger partial charge in [0.1, 0.15) is 5.75 Å². The molecule has 0 heterocycles. The van der Waals surface area contributed by atoms with E-state index < -0.39 is 13.0 Å². The quantitative estimate of drug-likeness (QED) is 0.850. The van der Waals surface area contributed by atoms with Crippen LogP contribution in [0.1, 0.15) is 5.56 Å². The van der Waals surface area contributed by atoms with E-state index in [4.69, 9.17) is 5.11 Å². The van der Waals surface area contributed by atoms with Gasteiger partial charge in [-0.05, 0) is 34.7 Å². The monoisotopic (exact) mass is 318 g/mol. The lowest BCUT2D eigenvalue weighted by atomic mass is 10.2. The van der Waals surface area contributed by atoms with E-state index in [0.717, 1.165) is 0 Å². The second-order valence-electron chi connectivity index (χ2n) is 2.46. The molecule has 78 valence electrons. The van der Waals surface area contributed by atoms with Gasteiger partial charge in [0.25, 0.3) is 0 Å². The summed E-state index contributed by atoms with van der Waals surface area (Å²) in [4.78, 5) is 0. The molecule has 0 unspecified atom stereocenters. The molecule has 0 amide bonds. The number of ether oxygens (including phenoxy) is 1. The zero-order chi connectivity index (χ0) is 10.8. The average molecular weight is 318 g/mol. The first-order valence-corrected chi connectivity index (χ1v) is 4.65. The minimum Gasteiger partial charge on any atom is -0.405 e. The summed E-state index contributed by atoms with van der Waals surface area (Å²) in [5.74, 6) is -0.355. The van der Waals surface area contributed by atoms with Crippen LogP contribution in [0.5, 0.6) is 5.75 Å². The standard InChI is InChI=1S/C8H6F3IO2/c9-8(10,11)14-7-3-6(12)2-1-5(7)4-13/h1-3,13H,4H2. The first-order chi connectivity index (χ1) is 6.42. The van der Waals surface area contributed by atoms with Crippen LogP contribution in [0, 0.1) is 3.57 Å². The van der Waals surface area contributed by atoms with Crippen LogP contribution < -0.4 is 4.74 Å². The molecule has 1 N–H and O–H groups in total. The number of benzene rings is 1. The number of hydrogen-bond acceptors (Lipinski definition) is 2. The van der Waals surface area contributed by atoms with Gasteiger partial charge in [0.15, 0.2) is 0 Å². The number of hydrogen-bond donors (Lipinski definition) is 1. The zero-order valence-electron chi connectivity index (χ0n) is 6.81. The second kappa shape index (κ2) is 4.35. The van der Waals surface area contributed by atoms with Crippen LogP contribution in [-0.4, -0.2) is 11.5 Å². The van der Waals surface area contributed by atoms with Crippen LogP contribution in [0.4, 0.5) is 13.2 Å². The Morgan fingerprint density at radius 3 is 2.50 bits per heavy atom. The second-order valence-corrected chi connectivity index (χ2v) is 3.70. The number of alkyl halides is 3. The summed E-state index contributed by atoms with van der Waals surface area (Å²) in [5.41, 5.74) is 0.114. The van der Waals surface area contributed by atoms with Gasteiger partial charge in [0, 0.05) is 9.13 Å². The van der Waals surface area contributed by atoms with Crippen molar-refractivity contribution in [2.24, 2.45) is 0 Å². The molecule has 0 bridgehead atoms. The van der Waals surface area contributed by atoms with Crippen molar-refractivity contribution in [1.82, 2.24) is 0 Å². The van der Waals surface area contributed by atoms with E-state index in [0.29, 0.717) is 3.57 Å². The van der Waals surface area contributed by atoms with E-state index in [-0.39, 0.29) is 11.3 Å². The van der Waals surface area contributed by atoms with Crippen LogP contribution in [0.2, 0.25) is 0 Å². The normalized spacial score (nSPS) is 11.5. The lowest BCUT2D eigenvalue weighted by Crippen LogP contribution is -2.18. The largest absolute Gasteiger partial charge is 0.573 e. The van der Waals surface area contributed by atoms with Gasteiger partial charge in [0.05, 0.1) is 6.61 Å². The molecule has 0 fully saturated rings. The van der Waals surface area contributed by atoms with Crippen molar-refractivity contribution >= 4 is 22.6 Å². The number of aliphatic hydroxyl groups excluding tert-OH is 1. The van der Waals surface area contributed by atoms with E-state index in [1.165, 1.54) is 12.1 Å². The van der Waals surface area contributed by atoms with Gasteiger partial charge in [-0.15, -0.1) is 13.2 Å². The maximum absolute atomic E-state index is 11.9. The van der Waals surface area contributed by atoms with E-state index in [1.54, 1.807) is 6.07 Å². The first kappa shape index (κ1) is 11.6. The van der Waals surface area contributed by atoms with E-state index in [9.17, 15) is 13.2 Å². The molecular formula is C8H6F3IO2. The molecule has 0 aliphatic heterocycles. The van der Waals surface area contributed by atoms with E-state index >= 15 is 0 Å². The molecule has 0 radical (unpaired) electrons. The highest BCUT2D eigenvalue weighted by Crippen LogP contribution is 2.27. The summed E-state index contributed by atoms with van der Waals surface area (Å²) in [7, 11) is 0. The Balaban J connectivity index is 2.99. The molecule has 0 atom stereocenters. The molecule has 0 aliphatic carbocycles. The molecule has 0 aromatic heterocycles. The van der Waals surface area contributed by atoms with Crippen LogP contribution in [0.25, 0.3) is 0 Å². The molecule has 2 nitrogen and oxygen atoms in total. The lowest BCUT2D eigenvalue weighted by Gasteiger charge is -2.12. The topological polar surface area (TPSA) is 29.5 Å². The maximum atomic E-state index is 11.9. The molecule has 14 heavy (non-hydrogen) atoms. The summed E-state index contributed by atoms with van der Waals surface area (Å²) < 4.78 is 40.0. The van der Waals surface area contributed by atoms with Gasteiger partial charge >= 0.3 is 6.36 Å². The van der Waals surface area contributed by atoms with Crippen molar-refractivity contribution in [2.45, 2.75) is 13.0 Å². The third kappa shape index (κ3) is 3.33. The molecule has 0 spiro atoms. The predicted molar refractivity (Wildman–Crippen MR) is 51.8 cm³/mol. The third-order valence-corrected chi connectivity index (χ3v) is 2.10. The minimum absolute atomic E-state index is 0.114. The third-order valence-electron chi connectivity index (χ3n) is 1.43. The fourth-order valence-electron chi connectivity index (χ4n) is 0.879. The maximum Gasteiger partial charge on any atom is 0.573 e. The Morgan fingerprint density at radius 2 is 2.00 bits per heavy atom. The van der Waals surface area contributed by atoms with Crippen molar-refractivity contribution in [3.8, 4) is 5.75 Å². The Kier molecular flexibility index (Phi) is 3.59. The van der Waals surface area contributed by atoms with Gasteiger partial charge in [-0.3, -0.25) is 0 Å². The molecule has 1 aromatic carbocycles. The van der Waals surface area contributed by atoms with Crippen molar-refractivity contribution in [3.63, 3.8) is 0 Å². The number of rotatable bonds is 2. The molecular weight excluding hydrogens is 312 g/mol. The molecule has 0 saturated carbocycles. The van der Waals surface area contributed by atoms with E-state index in [2.05, 4.69) is 4.74 Å². The Hall–Kier alpha value is -0.500. The van der Waals surface area contributed by atoms with Crippen LogP contribution in [0.15, 0.2) is 18.2 Å². The van der Waals surface area contributed by atoms with Crippen LogP contribution in [-0.2, 0) is 6.61 Å². The molecule has 1 aromatic rings. The van der Waals surface area contributed by atoms with Crippen molar-refractivity contribution in [1.29, 1.82) is 0 Å². The first-order valence-electron chi connectivity index (χ1n) is 3.57. The summed E-state index contributed by atoms with van der Waals surface area (Å²) >= 11 is 1.86. The Bertz CT molecular complexity index is 325. The van der Waals surface area contributed by atoms with Gasteiger partial charge < -0.3 is 9.84 Å². The summed E-state index contributed by atoms with van der Waals surface area (Å²) in [6.07, 6.45) is -4.73. The summed E-state index contributed by atoms with van der Waals surface area (Å²) in [5, 5.41) is 8.76. The van der Waals surface area contributed by atoms with Gasteiger partial charge in [-0.25, -0.2) is 0 Å².